The van der Waals surface area contributed by atoms with Gasteiger partial charge >= 0.3 is 0 Å². The average Bonchev–Trinajstić information content (AvgIpc) is 3.56. The molecule has 9 aromatic rings. The first-order valence-corrected chi connectivity index (χ1v) is 18.9. The van der Waals surface area contributed by atoms with Crippen molar-refractivity contribution < 1.29 is 4.74 Å². The van der Waals surface area contributed by atoms with Gasteiger partial charge in [0.25, 0.3) is 0 Å². The van der Waals surface area contributed by atoms with Gasteiger partial charge in [0.2, 0.25) is 0 Å². The molecule has 0 saturated carbocycles. The van der Waals surface area contributed by atoms with Crippen molar-refractivity contribution in [1.29, 1.82) is 0 Å². The smallest absolute Gasteiger partial charge is 0.186 e. The molecule has 2 heterocycles. The van der Waals surface area contributed by atoms with Crippen LogP contribution in [0, 0.1) is 0 Å². The van der Waals surface area contributed by atoms with Gasteiger partial charge in [0, 0.05) is 38.9 Å². The Hall–Kier alpha value is -7.43. The quantitative estimate of drug-likeness (QED) is 0.178. The van der Waals surface area contributed by atoms with E-state index in [1.165, 1.54) is 27.8 Å². The maximum Gasteiger partial charge on any atom is 0.186 e. The first kappa shape index (κ1) is 32.0. The van der Waals surface area contributed by atoms with Crippen LogP contribution in [0.2, 0.25) is 0 Å². The highest BCUT2D eigenvalue weighted by molar-refractivity contribution is 5.90. The Kier molecular flexibility index (Phi) is 7.36. The molecule has 0 amide bonds. The predicted octanol–water partition coefficient (Wildman–Crippen LogP) is 12.5. The van der Waals surface area contributed by atoms with Crippen LogP contribution in [0.5, 0.6) is 5.75 Å². The van der Waals surface area contributed by atoms with Crippen LogP contribution in [-0.4, -0.2) is 15.0 Å². The first-order valence-electron chi connectivity index (χ1n) is 18.9. The molecule has 0 radical (unpaired) electrons. The van der Waals surface area contributed by atoms with Crippen LogP contribution in [-0.2, 0) is 5.60 Å². The zero-order chi connectivity index (χ0) is 37.1. The highest BCUT2D eigenvalue weighted by atomic mass is 16.5. The van der Waals surface area contributed by atoms with Gasteiger partial charge in [-0.3, -0.25) is 0 Å². The third-order valence-corrected chi connectivity index (χ3v) is 11.1. The van der Waals surface area contributed by atoms with Crippen LogP contribution in [0.4, 0.5) is 0 Å². The number of para-hydroxylation sites is 1. The maximum absolute atomic E-state index is 7.16. The fourth-order valence-electron chi connectivity index (χ4n) is 8.48. The summed E-state index contributed by atoms with van der Waals surface area (Å²) >= 11 is 0. The number of benzene rings is 8. The van der Waals surface area contributed by atoms with E-state index in [0.29, 0.717) is 17.5 Å². The fraction of sp³-hybridized carbons (Fsp3) is 0.0192. The molecule has 56 heavy (non-hydrogen) atoms. The maximum atomic E-state index is 7.16. The molecule has 0 fully saturated rings. The third-order valence-electron chi connectivity index (χ3n) is 11.1. The van der Waals surface area contributed by atoms with E-state index < -0.39 is 5.60 Å². The van der Waals surface area contributed by atoms with E-state index in [1.54, 1.807) is 0 Å². The second-order valence-corrected chi connectivity index (χ2v) is 14.3. The van der Waals surface area contributed by atoms with E-state index in [1.807, 2.05) is 36.4 Å². The van der Waals surface area contributed by atoms with E-state index >= 15 is 0 Å². The lowest BCUT2D eigenvalue weighted by Crippen LogP contribution is -2.36. The van der Waals surface area contributed by atoms with Crippen LogP contribution in [0.1, 0.15) is 16.7 Å². The lowest BCUT2D eigenvalue weighted by atomic mass is 9.77. The molecule has 2 aliphatic rings. The van der Waals surface area contributed by atoms with Crippen LogP contribution in [0.25, 0.3) is 78.7 Å². The Morgan fingerprint density at radius 3 is 1.41 bits per heavy atom. The summed E-state index contributed by atoms with van der Waals surface area (Å²) in [6.07, 6.45) is 0. The minimum Gasteiger partial charge on any atom is -0.472 e. The first-order chi connectivity index (χ1) is 27.7. The van der Waals surface area contributed by atoms with Crippen LogP contribution in [0.3, 0.4) is 0 Å². The zero-order valence-corrected chi connectivity index (χ0v) is 30.3. The number of hydrogen-bond acceptors (Lipinski definition) is 4. The summed E-state index contributed by atoms with van der Waals surface area (Å²) in [5, 5.41) is 0. The number of nitrogens with zero attached hydrogens (tertiary/aromatic N) is 3. The van der Waals surface area contributed by atoms with Gasteiger partial charge in [-0.1, -0.05) is 182 Å². The monoisotopic (exact) mass is 715 g/mol. The molecule has 262 valence electrons. The second-order valence-electron chi connectivity index (χ2n) is 14.3. The summed E-state index contributed by atoms with van der Waals surface area (Å²) in [5.74, 6) is 2.80. The highest BCUT2D eigenvalue weighted by Crippen LogP contribution is 2.58. The second kappa shape index (κ2) is 12.9. The van der Waals surface area contributed by atoms with E-state index in [0.717, 1.165) is 55.8 Å². The van der Waals surface area contributed by atoms with Gasteiger partial charge in [-0.15, -0.1) is 0 Å². The SMILES string of the molecule is c1ccc(-c2cccc(-c3nc(-c4ccccc4)nc(-c4ccc(-c5ccc6c(c5)-c5ccccc5C65Oc6ccccc6-c6ccccc65)cc4)n3)c2)cc1. The van der Waals surface area contributed by atoms with Crippen molar-refractivity contribution >= 4 is 0 Å². The average molecular weight is 716 g/mol. The molecule has 1 aliphatic heterocycles. The molecule has 1 spiro atoms. The summed E-state index contributed by atoms with van der Waals surface area (Å²) in [5.41, 5.74) is 14.8. The molecule has 1 unspecified atom stereocenters. The molecule has 1 aromatic heterocycles. The van der Waals surface area contributed by atoms with Gasteiger partial charge in [0.15, 0.2) is 23.1 Å². The topological polar surface area (TPSA) is 47.9 Å². The van der Waals surface area contributed by atoms with Crippen molar-refractivity contribution in [2.45, 2.75) is 5.60 Å². The minimum absolute atomic E-state index is 0.628. The summed E-state index contributed by atoms with van der Waals surface area (Å²) in [7, 11) is 0. The zero-order valence-electron chi connectivity index (χ0n) is 30.3. The standard InChI is InChI=1S/C52H33N3O/c1-3-14-34(15-4-1)38-18-13-19-40(32-38)51-54-49(36-16-5-2-6-17-36)53-50(55-51)37-28-26-35(27-29-37)39-30-31-47-44(33-39)42-21-8-11-24-46(42)52(47)45-23-10-7-20-41(45)43-22-9-12-25-48(43)56-52/h1-33H. The van der Waals surface area contributed by atoms with E-state index in [4.69, 9.17) is 19.7 Å². The molecule has 1 atom stereocenters. The lowest BCUT2D eigenvalue weighted by molar-refractivity contribution is 0.157. The molecule has 11 rings (SSSR count). The number of ether oxygens (including phenoxy) is 1. The minimum atomic E-state index is -0.743. The van der Waals surface area contributed by atoms with Gasteiger partial charge in [-0.2, -0.15) is 0 Å². The van der Waals surface area contributed by atoms with Crippen LogP contribution in [0.15, 0.2) is 200 Å². The van der Waals surface area contributed by atoms with Crippen LogP contribution < -0.4 is 4.74 Å². The summed E-state index contributed by atoms with van der Waals surface area (Å²) in [4.78, 5) is 15.0. The van der Waals surface area contributed by atoms with Crippen molar-refractivity contribution in [3.8, 4) is 84.4 Å². The number of rotatable bonds is 5. The Bertz CT molecular complexity index is 2940. The molecule has 4 heteroatoms. The van der Waals surface area contributed by atoms with Gasteiger partial charge < -0.3 is 4.74 Å². The van der Waals surface area contributed by atoms with Crippen LogP contribution >= 0.6 is 0 Å². The fourth-order valence-corrected chi connectivity index (χ4v) is 8.48. The summed E-state index contributed by atoms with van der Waals surface area (Å²) < 4.78 is 7.16. The summed E-state index contributed by atoms with van der Waals surface area (Å²) in [6.45, 7) is 0. The molecular weight excluding hydrogens is 683 g/mol. The van der Waals surface area contributed by atoms with Gasteiger partial charge in [-0.05, 0) is 57.1 Å². The number of hydrogen-bond donors (Lipinski definition) is 0. The predicted molar refractivity (Wildman–Crippen MR) is 225 cm³/mol. The normalized spacial score (nSPS) is 14.6. The Balaban J connectivity index is 0.991. The van der Waals surface area contributed by atoms with Crippen molar-refractivity contribution in [2.24, 2.45) is 0 Å². The van der Waals surface area contributed by atoms with Crippen molar-refractivity contribution in [1.82, 2.24) is 15.0 Å². The van der Waals surface area contributed by atoms with E-state index in [9.17, 15) is 0 Å². The van der Waals surface area contributed by atoms with Gasteiger partial charge in [-0.25, -0.2) is 15.0 Å². The molecule has 0 saturated heterocycles. The Morgan fingerprint density at radius 1 is 0.286 bits per heavy atom. The van der Waals surface area contributed by atoms with Crippen molar-refractivity contribution in [2.75, 3.05) is 0 Å². The van der Waals surface area contributed by atoms with E-state index in [-0.39, 0.29) is 0 Å². The largest absolute Gasteiger partial charge is 0.472 e. The highest BCUT2D eigenvalue weighted by Gasteiger charge is 2.50. The van der Waals surface area contributed by atoms with E-state index in [2.05, 4.69) is 164 Å². The lowest BCUT2D eigenvalue weighted by Gasteiger charge is -2.39. The molecule has 1 aliphatic carbocycles. The number of fused-ring (bicyclic) bond motifs is 9. The molecular formula is C52H33N3O. The summed E-state index contributed by atoms with van der Waals surface area (Å²) in [6, 6.07) is 70.0. The Labute approximate surface area is 325 Å². The third kappa shape index (κ3) is 5.11. The van der Waals surface area contributed by atoms with Crippen molar-refractivity contribution in [3.63, 3.8) is 0 Å². The number of aromatic nitrogens is 3. The van der Waals surface area contributed by atoms with Crippen molar-refractivity contribution in [3.05, 3.63) is 217 Å². The molecule has 0 N–H and O–H groups in total. The Morgan fingerprint density at radius 2 is 0.714 bits per heavy atom. The van der Waals surface area contributed by atoms with Gasteiger partial charge in [0.1, 0.15) is 5.75 Å². The molecule has 8 aromatic carbocycles. The molecule has 4 nitrogen and oxygen atoms in total. The molecule has 0 bridgehead atoms. The van der Waals surface area contributed by atoms with Gasteiger partial charge in [0.05, 0.1) is 0 Å².